The molecular weight excluding hydrogens is 262 g/mol. The summed E-state index contributed by atoms with van der Waals surface area (Å²) in [6.45, 7) is 2.94. The van der Waals surface area contributed by atoms with Crippen molar-refractivity contribution < 1.29 is 4.74 Å². The average molecular weight is 287 g/mol. The summed E-state index contributed by atoms with van der Waals surface area (Å²) in [5, 5.41) is 12.8. The number of nitriles is 1. The highest BCUT2D eigenvalue weighted by molar-refractivity contribution is 5.50. The van der Waals surface area contributed by atoms with Crippen LogP contribution < -0.4 is 15.0 Å². The monoisotopic (exact) mass is 287 g/mol. The van der Waals surface area contributed by atoms with E-state index < -0.39 is 5.54 Å². The molecule has 1 fully saturated rings. The van der Waals surface area contributed by atoms with Gasteiger partial charge in [0.1, 0.15) is 11.3 Å². The molecule has 1 aliphatic carbocycles. The van der Waals surface area contributed by atoms with Crippen molar-refractivity contribution in [2.75, 3.05) is 25.6 Å². The summed E-state index contributed by atoms with van der Waals surface area (Å²) < 4.78 is 5.25. The Hall–Kier alpha value is -1.73. The van der Waals surface area contributed by atoms with Crippen LogP contribution in [0.15, 0.2) is 24.3 Å². The minimum absolute atomic E-state index is 0.392. The minimum atomic E-state index is -0.392. The summed E-state index contributed by atoms with van der Waals surface area (Å²) in [5.41, 5.74) is 0.749. The first-order chi connectivity index (χ1) is 10.1. The summed E-state index contributed by atoms with van der Waals surface area (Å²) in [6.07, 6.45) is 4.27. The van der Waals surface area contributed by atoms with Crippen LogP contribution in [0.2, 0.25) is 0 Å². The Balaban J connectivity index is 1.82. The molecule has 1 aromatic carbocycles. The van der Waals surface area contributed by atoms with E-state index in [1.165, 1.54) is 12.8 Å². The zero-order valence-electron chi connectivity index (χ0n) is 13.2. The molecule has 4 heteroatoms. The third kappa shape index (κ3) is 4.64. The summed E-state index contributed by atoms with van der Waals surface area (Å²) in [6, 6.07) is 11.1. The second-order valence-electron chi connectivity index (χ2n) is 6.09. The van der Waals surface area contributed by atoms with E-state index in [1.807, 2.05) is 25.1 Å². The van der Waals surface area contributed by atoms with Crippen LogP contribution in [0, 0.1) is 11.3 Å². The lowest BCUT2D eigenvalue weighted by Crippen LogP contribution is -2.42. The van der Waals surface area contributed by atoms with Gasteiger partial charge in [0.05, 0.1) is 13.2 Å². The molecule has 4 nitrogen and oxygen atoms in total. The second kappa shape index (κ2) is 6.82. The predicted molar refractivity (Wildman–Crippen MR) is 85.7 cm³/mol. The van der Waals surface area contributed by atoms with Gasteiger partial charge in [-0.15, -0.1) is 0 Å². The van der Waals surface area contributed by atoms with Gasteiger partial charge in [-0.3, -0.25) is 5.32 Å². The van der Waals surface area contributed by atoms with Crippen molar-refractivity contribution in [3.05, 3.63) is 24.3 Å². The molecule has 1 unspecified atom stereocenters. The second-order valence-corrected chi connectivity index (χ2v) is 6.09. The zero-order chi connectivity index (χ0) is 15.3. The molecule has 21 heavy (non-hydrogen) atoms. The van der Waals surface area contributed by atoms with E-state index in [2.05, 4.69) is 29.4 Å². The number of rotatable bonds is 8. The topological polar surface area (TPSA) is 48.3 Å². The first-order valence-electron chi connectivity index (χ1n) is 7.60. The molecule has 0 radical (unpaired) electrons. The predicted octanol–water partition coefficient (Wildman–Crippen LogP) is 2.95. The Morgan fingerprint density at radius 2 is 2.24 bits per heavy atom. The highest BCUT2D eigenvalue weighted by atomic mass is 16.5. The summed E-state index contributed by atoms with van der Waals surface area (Å²) in [4.78, 5) is 2.21. The Kier molecular flexibility index (Phi) is 5.08. The van der Waals surface area contributed by atoms with Crippen molar-refractivity contribution >= 4 is 5.69 Å². The summed E-state index contributed by atoms with van der Waals surface area (Å²) in [5.74, 6) is 0.872. The van der Waals surface area contributed by atoms with Gasteiger partial charge in [0.15, 0.2) is 0 Å². The molecule has 1 atom stereocenters. The Labute approximate surface area is 127 Å². The van der Waals surface area contributed by atoms with Crippen molar-refractivity contribution in [1.82, 2.24) is 5.32 Å². The summed E-state index contributed by atoms with van der Waals surface area (Å²) >= 11 is 0. The number of anilines is 1. The van der Waals surface area contributed by atoms with Gasteiger partial charge in [-0.05, 0) is 44.7 Å². The molecule has 0 amide bonds. The van der Waals surface area contributed by atoms with Gasteiger partial charge in [0, 0.05) is 31.4 Å². The number of methoxy groups -OCH3 is 1. The van der Waals surface area contributed by atoms with Crippen LogP contribution in [-0.4, -0.2) is 32.3 Å². The van der Waals surface area contributed by atoms with Gasteiger partial charge in [0.25, 0.3) is 0 Å². The lowest BCUT2D eigenvalue weighted by Gasteiger charge is -2.25. The van der Waals surface area contributed by atoms with Crippen LogP contribution in [-0.2, 0) is 0 Å². The average Bonchev–Trinajstić information content (AvgIpc) is 3.31. The van der Waals surface area contributed by atoms with E-state index in [9.17, 15) is 5.26 Å². The van der Waals surface area contributed by atoms with Gasteiger partial charge in [-0.2, -0.15) is 5.26 Å². The van der Waals surface area contributed by atoms with E-state index in [-0.39, 0.29) is 0 Å². The maximum absolute atomic E-state index is 9.37. The van der Waals surface area contributed by atoms with Crippen LogP contribution in [0.4, 0.5) is 5.69 Å². The lowest BCUT2D eigenvalue weighted by molar-refractivity contribution is 0.404. The molecule has 0 aliphatic heterocycles. The smallest absolute Gasteiger partial charge is 0.120 e. The van der Waals surface area contributed by atoms with Gasteiger partial charge in [-0.25, -0.2) is 0 Å². The fourth-order valence-electron chi connectivity index (χ4n) is 2.49. The molecule has 0 aromatic heterocycles. The van der Waals surface area contributed by atoms with E-state index in [0.29, 0.717) is 6.04 Å². The van der Waals surface area contributed by atoms with Crippen molar-refractivity contribution in [2.24, 2.45) is 0 Å². The highest BCUT2D eigenvalue weighted by Crippen LogP contribution is 2.25. The first kappa shape index (κ1) is 15.7. The highest BCUT2D eigenvalue weighted by Gasteiger charge is 2.31. The van der Waals surface area contributed by atoms with Crippen molar-refractivity contribution in [1.29, 1.82) is 5.26 Å². The molecule has 1 saturated carbocycles. The number of hydrogen-bond donors (Lipinski definition) is 1. The van der Waals surface area contributed by atoms with Crippen molar-refractivity contribution in [3.8, 4) is 11.8 Å². The standard InChI is InChI=1S/C17H25N3O/c1-17(13-18,19-14-8-9-14)10-5-11-20(2)15-6-4-7-16(12-15)21-3/h4,6-7,12,14,19H,5,8-11H2,1-3H3. The number of benzene rings is 1. The first-order valence-corrected chi connectivity index (χ1v) is 7.60. The van der Waals surface area contributed by atoms with E-state index >= 15 is 0 Å². The minimum Gasteiger partial charge on any atom is -0.497 e. The molecule has 2 rings (SSSR count). The molecule has 1 aliphatic rings. The Bertz CT molecular complexity index is 507. The number of nitrogens with one attached hydrogen (secondary N) is 1. The SMILES string of the molecule is COc1cccc(N(C)CCCC(C)(C#N)NC2CC2)c1. The lowest BCUT2D eigenvalue weighted by atomic mass is 9.97. The Morgan fingerprint density at radius 1 is 1.48 bits per heavy atom. The molecule has 1 aromatic rings. The zero-order valence-corrected chi connectivity index (χ0v) is 13.2. The van der Waals surface area contributed by atoms with Crippen LogP contribution in [0.1, 0.15) is 32.6 Å². The molecule has 0 heterocycles. The van der Waals surface area contributed by atoms with Crippen LogP contribution in [0.3, 0.4) is 0 Å². The van der Waals surface area contributed by atoms with Crippen molar-refractivity contribution in [2.45, 2.75) is 44.2 Å². The van der Waals surface area contributed by atoms with Crippen molar-refractivity contribution in [3.63, 3.8) is 0 Å². The number of nitrogens with zero attached hydrogens (tertiary/aromatic N) is 2. The normalized spacial score (nSPS) is 16.9. The molecule has 0 bridgehead atoms. The van der Waals surface area contributed by atoms with Gasteiger partial charge >= 0.3 is 0 Å². The maximum Gasteiger partial charge on any atom is 0.120 e. The molecule has 114 valence electrons. The van der Waals surface area contributed by atoms with Gasteiger partial charge in [0.2, 0.25) is 0 Å². The maximum atomic E-state index is 9.37. The summed E-state index contributed by atoms with van der Waals surface area (Å²) in [7, 11) is 3.76. The van der Waals surface area contributed by atoms with Crippen LogP contribution in [0.25, 0.3) is 0 Å². The largest absolute Gasteiger partial charge is 0.497 e. The molecule has 0 spiro atoms. The van der Waals surface area contributed by atoms with Gasteiger partial charge in [-0.1, -0.05) is 6.07 Å². The van der Waals surface area contributed by atoms with Crippen LogP contribution in [0.5, 0.6) is 5.75 Å². The number of hydrogen-bond acceptors (Lipinski definition) is 4. The fourth-order valence-corrected chi connectivity index (χ4v) is 2.49. The fraction of sp³-hybridized carbons (Fsp3) is 0.588. The van der Waals surface area contributed by atoms with E-state index in [1.54, 1.807) is 7.11 Å². The van der Waals surface area contributed by atoms with Gasteiger partial charge < -0.3 is 9.64 Å². The van der Waals surface area contributed by atoms with Crippen LogP contribution >= 0.6 is 0 Å². The molecule has 1 N–H and O–H groups in total. The van der Waals surface area contributed by atoms with E-state index in [0.717, 1.165) is 30.8 Å². The quantitative estimate of drug-likeness (QED) is 0.798. The Morgan fingerprint density at radius 3 is 2.86 bits per heavy atom. The third-order valence-electron chi connectivity index (χ3n) is 4.01. The van der Waals surface area contributed by atoms with E-state index in [4.69, 9.17) is 4.74 Å². The third-order valence-corrected chi connectivity index (χ3v) is 4.01. The molecular formula is C17H25N3O. The number of ether oxygens (including phenoxy) is 1. The molecule has 0 saturated heterocycles.